The van der Waals surface area contributed by atoms with Crippen LogP contribution in [-0.2, 0) is 19.6 Å². The van der Waals surface area contributed by atoms with Crippen molar-refractivity contribution in [1.29, 1.82) is 0 Å². The summed E-state index contributed by atoms with van der Waals surface area (Å²) in [6.45, 7) is 1.30. The van der Waals surface area contributed by atoms with E-state index in [0.29, 0.717) is 0 Å². The van der Waals surface area contributed by atoms with E-state index in [-0.39, 0.29) is 40.7 Å². The summed E-state index contributed by atoms with van der Waals surface area (Å²) in [5.41, 5.74) is -0.566. The van der Waals surface area contributed by atoms with Gasteiger partial charge in [0.25, 0.3) is 0 Å². The normalized spacial score (nSPS) is 10.4. The summed E-state index contributed by atoms with van der Waals surface area (Å²) in [5, 5.41) is 0. The molecule has 20 heavy (non-hydrogen) atoms. The molecular formula is C11H11NaO7S. The molecule has 1 aromatic carbocycles. The molecule has 7 nitrogen and oxygen atoms in total. The molecule has 0 spiro atoms. The van der Waals surface area contributed by atoms with Crippen LogP contribution in [0, 0.1) is 6.92 Å². The molecule has 0 heterocycles. The molecule has 0 aliphatic carbocycles. The molecule has 0 aliphatic rings. The Morgan fingerprint density at radius 2 is 1.60 bits per heavy atom. The molecule has 0 amide bonds. The van der Waals surface area contributed by atoms with E-state index in [4.69, 9.17) is 0 Å². The van der Waals surface area contributed by atoms with Crippen LogP contribution < -0.4 is 29.6 Å². The first-order valence-electron chi connectivity index (χ1n) is 4.99. The minimum atomic E-state index is -4.87. The Labute approximate surface area is 138 Å². The van der Waals surface area contributed by atoms with Gasteiger partial charge in [0, 0.05) is 0 Å². The number of aryl methyl sites for hydroxylation is 1. The average molecular weight is 310 g/mol. The van der Waals surface area contributed by atoms with E-state index in [1.807, 2.05) is 0 Å². The topological polar surface area (TPSA) is 110 Å². The maximum absolute atomic E-state index is 11.5. The van der Waals surface area contributed by atoms with Crippen LogP contribution in [0.15, 0.2) is 17.0 Å². The van der Waals surface area contributed by atoms with Gasteiger partial charge < -0.3 is 14.0 Å². The Hall–Kier alpha value is -0.930. The third-order valence-corrected chi connectivity index (χ3v) is 3.39. The molecule has 0 bridgehead atoms. The summed E-state index contributed by atoms with van der Waals surface area (Å²) in [6, 6.07) is 2.11. The number of benzene rings is 1. The third-order valence-electron chi connectivity index (χ3n) is 2.35. The van der Waals surface area contributed by atoms with Crippen molar-refractivity contribution in [3.05, 3.63) is 28.8 Å². The SMILES string of the molecule is COC(=O)c1cc(C)c(S(=O)(=O)[O-])c(C(=O)OC)c1.[Na+]. The zero-order chi connectivity index (χ0) is 14.8. The van der Waals surface area contributed by atoms with Crippen molar-refractivity contribution in [3.63, 3.8) is 0 Å². The van der Waals surface area contributed by atoms with Crippen molar-refractivity contribution >= 4 is 22.1 Å². The van der Waals surface area contributed by atoms with Crippen molar-refractivity contribution in [2.24, 2.45) is 0 Å². The molecule has 0 unspecified atom stereocenters. The standard InChI is InChI=1S/C11H12O7S.Na/c1-6-4-7(10(12)17-2)5-8(11(13)18-3)9(6)19(14,15)16;/h4-5H,1-3H3,(H,14,15,16);/q;+1/p-1. The van der Waals surface area contributed by atoms with E-state index in [9.17, 15) is 22.6 Å². The number of methoxy groups -OCH3 is 2. The summed E-state index contributed by atoms with van der Waals surface area (Å²) in [6.07, 6.45) is 0. The van der Waals surface area contributed by atoms with Gasteiger partial charge in [-0.05, 0) is 24.6 Å². The van der Waals surface area contributed by atoms with Crippen LogP contribution in [0.3, 0.4) is 0 Å². The van der Waals surface area contributed by atoms with Gasteiger partial charge in [0.2, 0.25) is 0 Å². The zero-order valence-electron chi connectivity index (χ0n) is 11.4. The Balaban J connectivity index is 0.00000361. The van der Waals surface area contributed by atoms with Crippen LogP contribution in [-0.4, -0.2) is 39.1 Å². The zero-order valence-corrected chi connectivity index (χ0v) is 14.2. The molecular weight excluding hydrogens is 299 g/mol. The van der Waals surface area contributed by atoms with Gasteiger partial charge in [-0.1, -0.05) is 0 Å². The number of hydrogen-bond acceptors (Lipinski definition) is 7. The molecule has 9 heteroatoms. The van der Waals surface area contributed by atoms with Gasteiger partial charge in [0.15, 0.2) is 0 Å². The average Bonchev–Trinajstić information content (AvgIpc) is 2.34. The van der Waals surface area contributed by atoms with Gasteiger partial charge in [0.1, 0.15) is 10.1 Å². The first-order valence-corrected chi connectivity index (χ1v) is 6.40. The minimum absolute atomic E-state index is 0. The first kappa shape index (κ1) is 19.1. The molecule has 0 N–H and O–H groups in total. The Bertz CT molecular complexity index is 636. The second kappa shape index (κ2) is 7.19. The molecule has 0 fully saturated rings. The summed E-state index contributed by atoms with van der Waals surface area (Å²) in [4.78, 5) is 22.2. The molecule has 1 rings (SSSR count). The van der Waals surface area contributed by atoms with Gasteiger partial charge in [0.05, 0.1) is 30.2 Å². The van der Waals surface area contributed by atoms with Gasteiger partial charge in [-0.15, -0.1) is 0 Å². The van der Waals surface area contributed by atoms with Gasteiger partial charge in [-0.3, -0.25) is 0 Å². The predicted molar refractivity (Wildman–Crippen MR) is 61.8 cm³/mol. The molecule has 0 radical (unpaired) electrons. The summed E-state index contributed by atoms with van der Waals surface area (Å²) in [7, 11) is -2.71. The number of hydrogen-bond donors (Lipinski definition) is 0. The van der Waals surface area contributed by atoms with Gasteiger partial charge in [-0.25, -0.2) is 18.0 Å². The van der Waals surface area contributed by atoms with Crippen molar-refractivity contribution in [2.45, 2.75) is 11.8 Å². The summed E-state index contributed by atoms with van der Waals surface area (Å²) < 4.78 is 42.4. The van der Waals surface area contributed by atoms with E-state index >= 15 is 0 Å². The third kappa shape index (κ3) is 4.03. The summed E-state index contributed by atoms with van der Waals surface area (Å²) in [5.74, 6) is -1.79. The second-order valence-electron chi connectivity index (χ2n) is 3.61. The largest absolute Gasteiger partial charge is 1.00 e. The molecule has 104 valence electrons. The fourth-order valence-corrected chi connectivity index (χ4v) is 2.47. The van der Waals surface area contributed by atoms with Crippen molar-refractivity contribution in [2.75, 3.05) is 14.2 Å². The molecule has 0 aliphatic heterocycles. The van der Waals surface area contributed by atoms with Crippen LogP contribution in [0.2, 0.25) is 0 Å². The minimum Gasteiger partial charge on any atom is -0.744 e. The number of rotatable bonds is 3. The van der Waals surface area contributed by atoms with Crippen LogP contribution >= 0.6 is 0 Å². The Morgan fingerprint density at radius 1 is 1.10 bits per heavy atom. The molecule has 0 saturated carbocycles. The number of carbonyl (C=O) groups is 2. The number of ether oxygens (including phenoxy) is 2. The summed E-state index contributed by atoms with van der Waals surface area (Å²) >= 11 is 0. The number of esters is 2. The van der Waals surface area contributed by atoms with Gasteiger partial charge in [-0.2, -0.15) is 0 Å². The van der Waals surface area contributed by atoms with Crippen molar-refractivity contribution in [1.82, 2.24) is 0 Å². The van der Waals surface area contributed by atoms with Crippen molar-refractivity contribution < 1.29 is 61.6 Å². The van der Waals surface area contributed by atoms with E-state index in [1.165, 1.54) is 6.92 Å². The van der Waals surface area contributed by atoms with E-state index < -0.39 is 32.5 Å². The van der Waals surface area contributed by atoms with E-state index in [2.05, 4.69) is 9.47 Å². The maximum atomic E-state index is 11.5. The van der Waals surface area contributed by atoms with Crippen LogP contribution in [0.4, 0.5) is 0 Å². The van der Waals surface area contributed by atoms with E-state index in [0.717, 1.165) is 26.4 Å². The second-order valence-corrected chi connectivity index (χ2v) is 4.92. The molecule has 0 atom stereocenters. The predicted octanol–water partition coefficient (Wildman–Crippen LogP) is -2.52. The number of carbonyl (C=O) groups excluding carboxylic acids is 2. The quantitative estimate of drug-likeness (QED) is 0.344. The van der Waals surface area contributed by atoms with Crippen LogP contribution in [0.5, 0.6) is 0 Å². The van der Waals surface area contributed by atoms with Crippen molar-refractivity contribution in [3.8, 4) is 0 Å². The maximum Gasteiger partial charge on any atom is 1.00 e. The molecule has 0 aromatic heterocycles. The monoisotopic (exact) mass is 310 g/mol. The smallest absolute Gasteiger partial charge is 0.744 e. The van der Waals surface area contributed by atoms with E-state index in [1.54, 1.807) is 0 Å². The Morgan fingerprint density at radius 3 is 2.00 bits per heavy atom. The first-order chi connectivity index (χ1) is 8.72. The van der Waals surface area contributed by atoms with Gasteiger partial charge >= 0.3 is 41.5 Å². The molecule has 1 aromatic rings. The Kier molecular flexibility index (Phi) is 6.85. The van der Waals surface area contributed by atoms with Crippen LogP contribution in [0.1, 0.15) is 26.3 Å². The fraction of sp³-hybridized carbons (Fsp3) is 0.273. The fourth-order valence-electron chi connectivity index (χ4n) is 1.60. The van der Waals surface area contributed by atoms with Crippen LogP contribution in [0.25, 0.3) is 0 Å². The molecule has 0 saturated heterocycles.